The van der Waals surface area contributed by atoms with E-state index in [1.807, 2.05) is 26.0 Å². The number of hydrogen-bond acceptors (Lipinski definition) is 4. The number of nitrogens with one attached hydrogen (secondary N) is 2. The molecule has 2 rings (SSSR count). The van der Waals surface area contributed by atoms with Gasteiger partial charge in [0.15, 0.2) is 0 Å². The van der Waals surface area contributed by atoms with Crippen LogP contribution in [0.25, 0.3) is 0 Å². The van der Waals surface area contributed by atoms with E-state index in [0.717, 1.165) is 36.4 Å². The zero-order chi connectivity index (χ0) is 17.5. The molecular formula is C17H26N4O3. The van der Waals surface area contributed by atoms with E-state index in [9.17, 15) is 9.59 Å². The summed E-state index contributed by atoms with van der Waals surface area (Å²) in [6.45, 7) is 8.21. The smallest absolute Gasteiger partial charge is 0.409 e. The lowest BCUT2D eigenvalue weighted by Gasteiger charge is -2.33. The first-order valence-electron chi connectivity index (χ1n) is 8.16. The van der Waals surface area contributed by atoms with Crippen LogP contribution in [0.2, 0.25) is 0 Å². The second-order valence-corrected chi connectivity index (χ2v) is 6.06. The average Bonchev–Trinajstić information content (AvgIpc) is 2.53. The Balaban J connectivity index is 1.67. The highest BCUT2D eigenvalue weighted by Crippen LogP contribution is 2.13. The standard InChI is InChI=1S/C17H26N4O3/c1-13-10-14(2)12-15(11-13)19-16(22)18-4-5-20-6-8-21(9-7-20)17(23)24-3/h10-12H,4-9H2,1-3H3,(H2,18,19,22). The summed E-state index contributed by atoms with van der Waals surface area (Å²) in [4.78, 5) is 27.3. The fourth-order valence-corrected chi connectivity index (χ4v) is 2.83. The van der Waals surface area contributed by atoms with Crippen molar-refractivity contribution in [2.24, 2.45) is 0 Å². The number of methoxy groups -OCH3 is 1. The molecule has 0 spiro atoms. The van der Waals surface area contributed by atoms with E-state index in [4.69, 9.17) is 4.74 Å². The van der Waals surface area contributed by atoms with Crippen molar-refractivity contribution >= 4 is 17.8 Å². The Morgan fingerprint density at radius 1 is 1.08 bits per heavy atom. The first kappa shape index (κ1) is 18.1. The normalized spacial score (nSPS) is 15.0. The average molecular weight is 334 g/mol. The third kappa shape index (κ3) is 5.42. The molecule has 1 saturated heterocycles. The predicted octanol–water partition coefficient (Wildman–Crippen LogP) is 1.81. The van der Waals surface area contributed by atoms with Crippen LogP contribution in [0.5, 0.6) is 0 Å². The van der Waals surface area contributed by atoms with Gasteiger partial charge in [0.25, 0.3) is 0 Å². The van der Waals surface area contributed by atoms with Gasteiger partial charge in [-0.1, -0.05) is 6.07 Å². The Hall–Kier alpha value is -2.28. The molecule has 7 heteroatoms. The first-order chi connectivity index (χ1) is 11.5. The number of anilines is 1. The number of carbonyl (C=O) groups excluding carboxylic acids is 2. The lowest BCUT2D eigenvalue weighted by Crippen LogP contribution is -2.50. The summed E-state index contributed by atoms with van der Waals surface area (Å²) >= 11 is 0. The minimum atomic E-state index is -0.277. The van der Waals surface area contributed by atoms with E-state index in [2.05, 4.69) is 21.6 Å². The molecule has 1 fully saturated rings. The molecule has 7 nitrogen and oxygen atoms in total. The van der Waals surface area contributed by atoms with E-state index in [1.165, 1.54) is 7.11 Å². The molecule has 0 radical (unpaired) electrons. The molecule has 1 aromatic rings. The Morgan fingerprint density at radius 2 is 1.71 bits per heavy atom. The molecule has 0 atom stereocenters. The van der Waals surface area contributed by atoms with Crippen LogP contribution in [0.15, 0.2) is 18.2 Å². The molecule has 132 valence electrons. The maximum atomic E-state index is 11.9. The van der Waals surface area contributed by atoms with Gasteiger partial charge in [0, 0.05) is 45.0 Å². The molecule has 0 unspecified atom stereocenters. The van der Waals surface area contributed by atoms with Gasteiger partial charge in [-0.05, 0) is 37.1 Å². The highest BCUT2D eigenvalue weighted by atomic mass is 16.5. The number of piperazine rings is 1. The van der Waals surface area contributed by atoms with Crippen molar-refractivity contribution in [1.29, 1.82) is 0 Å². The van der Waals surface area contributed by atoms with Gasteiger partial charge < -0.3 is 20.3 Å². The largest absolute Gasteiger partial charge is 0.453 e. The first-order valence-corrected chi connectivity index (χ1v) is 8.16. The maximum absolute atomic E-state index is 11.9. The fraction of sp³-hybridized carbons (Fsp3) is 0.529. The minimum Gasteiger partial charge on any atom is -0.453 e. The van der Waals surface area contributed by atoms with E-state index >= 15 is 0 Å². The van der Waals surface area contributed by atoms with Crippen molar-refractivity contribution in [3.8, 4) is 0 Å². The molecule has 0 aromatic heterocycles. The van der Waals surface area contributed by atoms with E-state index in [0.29, 0.717) is 19.6 Å². The van der Waals surface area contributed by atoms with Crippen molar-refractivity contribution in [2.75, 3.05) is 51.7 Å². The Morgan fingerprint density at radius 3 is 2.29 bits per heavy atom. The van der Waals surface area contributed by atoms with Gasteiger partial charge in [0.1, 0.15) is 0 Å². The molecule has 1 aliphatic rings. The quantitative estimate of drug-likeness (QED) is 0.881. The highest BCUT2D eigenvalue weighted by molar-refractivity contribution is 5.89. The lowest BCUT2D eigenvalue weighted by atomic mass is 10.1. The number of aryl methyl sites for hydroxylation is 2. The summed E-state index contributed by atoms with van der Waals surface area (Å²) in [7, 11) is 1.40. The summed E-state index contributed by atoms with van der Waals surface area (Å²) in [6.07, 6.45) is -0.277. The third-order valence-corrected chi connectivity index (χ3v) is 4.00. The molecule has 2 N–H and O–H groups in total. The molecule has 24 heavy (non-hydrogen) atoms. The molecule has 1 aromatic carbocycles. The molecule has 1 aliphatic heterocycles. The van der Waals surface area contributed by atoms with Crippen LogP contribution < -0.4 is 10.6 Å². The Kier molecular flexibility index (Phi) is 6.43. The number of nitrogens with zero attached hydrogens (tertiary/aromatic N) is 2. The van der Waals surface area contributed by atoms with Crippen molar-refractivity contribution in [1.82, 2.24) is 15.1 Å². The topological polar surface area (TPSA) is 73.9 Å². The van der Waals surface area contributed by atoms with Gasteiger partial charge in [-0.25, -0.2) is 9.59 Å². The number of hydrogen-bond donors (Lipinski definition) is 2. The summed E-state index contributed by atoms with van der Waals surface area (Å²) in [5.41, 5.74) is 3.04. The van der Waals surface area contributed by atoms with Gasteiger partial charge in [0.2, 0.25) is 0 Å². The van der Waals surface area contributed by atoms with Crippen LogP contribution in [-0.2, 0) is 4.74 Å². The van der Waals surface area contributed by atoms with Crippen LogP contribution in [-0.4, -0.2) is 68.3 Å². The number of rotatable bonds is 4. The minimum absolute atomic E-state index is 0.201. The number of carbonyl (C=O) groups is 2. The number of amides is 3. The zero-order valence-electron chi connectivity index (χ0n) is 14.6. The molecule has 0 bridgehead atoms. The van der Waals surface area contributed by atoms with E-state index in [1.54, 1.807) is 4.90 Å². The lowest BCUT2D eigenvalue weighted by molar-refractivity contribution is 0.0916. The summed E-state index contributed by atoms with van der Waals surface area (Å²) < 4.78 is 4.71. The van der Waals surface area contributed by atoms with E-state index in [-0.39, 0.29) is 12.1 Å². The predicted molar refractivity (Wildman–Crippen MR) is 93.4 cm³/mol. The molecule has 1 heterocycles. The van der Waals surface area contributed by atoms with Gasteiger partial charge in [-0.2, -0.15) is 0 Å². The van der Waals surface area contributed by atoms with Crippen molar-refractivity contribution in [2.45, 2.75) is 13.8 Å². The summed E-state index contributed by atoms with van der Waals surface area (Å²) in [6, 6.07) is 5.75. The number of ether oxygens (including phenoxy) is 1. The monoisotopic (exact) mass is 334 g/mol. The highest BCUT2D eigenvalue weighted by Gasteiger charge is 2.20. The maximum Gasteiger partial charge on any atom is 0.409 e. The van der Waals surface area contributed by atoms with Gasteiger partial charge in [0.05, 0.1) is 7.11 Å². The van der Waals surface area contributed by atoms with Gasteiger partial charge in [-0.15, -0.1) is 0 Å². The SMILES string of the molecule is COC(=O)N1CCN(CCNC(=O)Nc2cc(C)cc(C)c2)CC1. The summed E-state index contributed by atoms with van der Waals surface area (Å²) in [5, 5.41) is 5.72. The van der Waals surface area contributed by atoms with Crippen molar-refractivity contribution in [3.05, 3.63) is 29.3 Å². The van der Waals surface area contributed by atoms with Crippen molar-refractivity contribution in [3.63, 3.8) is 0 Å². The second-order valence-electron chi connectivity index (χ2n) is 6.06. The van der Waals surface area contributed by atoms with Gasteiger partial charge >= 0.3 is 12.1 Å². The van der Waals surface area contributed by atoms with E-state index < -0.39 is 0 Å². The fourth-order valence-electron chi connectivity index (χ4n) is 2.83. The van der Waals surface area contributed by atoms with Crippen LogP contribution in [0.3, 0.4) is 0 Å². The van der Waals surface area contributed by atoms with Gasteiger partial charge in [-0.3, -0.25) is 4.90 Å². The van der Waals surface area contributed by atoms with Crippen LogP contribution >= 0.6 is 0 Å². The summed E-state index contributed by atoms with van der Waals surface area (Å²) in [5.74, 6) is 0. The van der Waals surface area contributed by atoms with Crippen LogP contribution in [0.4, 0.5) is 15.3 Å². The van der Waals surface area contributed by atoms with Crippen molar-refractivity contribution < 1.29 is 14.3 Å². The second kappa shape index (κ2) is 8.54. The molecular weight excluding hydrogens is 308 g/mol. The zero-order valence-corrected chi connectivity index (χ0v) is 14.6. The third-order valence-electron chi connectivity index (χ3n) is 4.00. The molecule has 0 aliphatic carbocycles. The van der Waals surface area contributed by atoms with Crippen LogP contribution in [0, 0.1) is 13.8 Å². The Bertz CT molecular complexity index is 563. The molecule has 0 saturated carbocycles. The van der Waals surface area contributed by atoms with Crippen LogP contribution in [0.1, 0.15) is 11.1 Å². The number of benzene rings is 1. The molecule has 3 amide bonds. The number of urea groups is 1. The Labute approximate surface area is 142 Å².